The van der Waals surface area contributed by atoms with Crippen LogP contribution in [0.4, 0.5) is 0 Å². The first kappa shape index (κ1) is 32.0. The second kappa shape index (κ2) is 13.3. The Hall–Kier alpha value is -3.44. The summed E-state index contributed by atoms with van der Waals surface area (Å²) in [4.78, 5) is 42.3. The third kappa shape index (κ3) is 6.78. The van der Waals surface area contributed by atoms with E-state index in [4.69, 9.17) is 23.2 Å². The van der Waals surface area contributed by atoms with Crippen LogP contribution in [-0.4, -0.2) is 56.4 Å². The summed E-state index contributed by atoms with van der Waals surface area (Å²) in [5, 5.41) is 6.32. The molecule has 9 nitrogen and oxygen atoms in total. The molecule has 1 heterocycles. The van der Waals surface area contributed by atoms with Gasteiger partial charge in [-0.1, -0.05) is 72.4 Å². The van der Waals surface area contributed by atoms with Crippen molar-refractivity contribution in [2.45, 2.75) is 56.3 Å². The summed E-state index contributed by atoms with van der Waals surface area (Å²) < 4.78 is 27.5. The third-order valence-corrected chi connectivity index (χ3v) is 9.60. The molecular weight excluding hydrogens is 623 g/mol. The number of halogens is 2. The van der Waals surface area contributed by atoms with Crippen molar-refractivity contribution in [3.63, 3.8) is 0 Å². The maximum atomic E-state index is 14.4. The predicted octanol–water partition coefficient (Wildman–Crippen LogP) is 4.81. The molecule has 3 amide bonds. The Kier molecular flexibility index (Phi) is 9.65. The minimum Gasteiger partial charge on any atom is -0.355 e. The smallest absolute Gasteiger partial charge is 0.255 e. The molecule has 44 heavy (non-hydrogen) atoms. The quantitative estimate of drug-likeness (QED) is 0.321. The van der Waals surface area contributed by atoms with Crippen molar-refractivity contribution in [1.82, 2.24) is 20.3 Å². The van der Waals surface area contributed by atoms with Gasteiger partial charge in [0.1, 0.15) is 0 Å². The standard InChI is InChI=1S/C32H34Cl2N4O5S/c1-35-30(39)20-13-11-19(12-14-20)18-36-31(40)28-22-7-3-4-8-23(22)32(41)38(29(28)24-16-15-21(33)17-25(24)34)27-10-6-5-9-26(27)37-44(2,42)43/h3-4,7-8,11-17,26-29,37H,5-6,9-10,18H2,1-2H3,(H,35,39)(H,36,40)/t26-,27?,28+,29-/m0/s1. The molecule has 1 fully saturated rings. The zero-order chi connectivity index (χ0) is 31.6. The molecule has 1 unspecified atom stereocenters. The highest BCUT2D eigenvalue weighted by Gasteiger charge is 2.49. The molecule has 3 aromatic rings. The molecule has 0 radical (unpaired) electrons. The van der Waals surface area contributed by atoms with E-state index in [2.05, 4.69) is 15.4 Å². The van der Waals surface area contributed by atoms with Crippen molar-refractivity contribution in [1.29, 1.82) is 0 Å². The van der Waals surface area contributed by atoms with Gasteiger partial charge in [-0.25, -0.2) is 13.1 Å². The minimum absolute atomic E-state index is 0.183. The van der Waals surface area contributed by atoms with E-state index in [0.29, 0.717) is 45.1 Å². The van der Waals surface area contributed by atoms with Crippen LogP contribution < -0.4 is 15.4 Å². The van der Waals surface area contributed by atoms with Gasteiger partial charge in [-0.15, -0.1) is 0 Å². The van der Waals surface area contributed by atoms with Gasteiger partial charge in [0.25, 0.3) is 11.8 Å². The number of amides is 3. The van der Waals surface area contributed by atoms with Gasteiger partial charge in [-0.3, -0.25) is 14.4 Å². The summed E-state index contributed by atoms with van der Waals surface area (Å²) in [5.41, 5.74) is 2.76. The molecule has 0 bridgehead atoms. The lowest BCUT2D eigenvalue weighted by Gasteiger charge is -2.49. The Morgan fingerprint density at radius 1 is 0.955 bits per heavy atom. The number of hydrogen-bond acceptors (Lipinski definition) is 5. The zero-order valence-electron chi connectivity index (χ0n) is 24.3. The summed E-state index contributed by atoms with van der Waals surface area (Å²) in [6, 6.07) is 17.0. The van der Waals surface area contributed by atoms with Crippen molar-refractivity contribution in [2.24, 2.45) is 0 Å². The lowest BCUT2D eigenvalue weighted by molar-refractivity contribution is -0.124. The number of nitrogens with one attached hydrogen (secondary N) is 3. The summed E-state index contributed by atoms with van der Waals surface area (Å²) in [6.45, 7) is 0.183. The van der Waals surface area contributed by atoms with Crippen LogP contribution in [0.5, 0.6) is 0 Å². The summed E-state index contributed by atoms with van der Waals surface area (Å²) in [6.07, 6.45) is 3.80. The van der Waals surface area contributed by atoms with Gasteiger partial charge in [-0.05, 0) is 59.9 Å². The predicted molar refractivity (Wildman–Crippen MR) is 170 cm³/mol. The summed E-state index contributed by atoms with van der Waals surface area (Å²) >= 11 is 13.0. The minimum atomic E-state index is -3.58. The number of benzene rings is 3. The molecule has 5 rings (SSSR count). The number of rotatable bonds is 8. The van der Waals surface area contributed by atoms with Crippen LogP contribution in [0.2, 0.25) is 10.0 Å². The molecule has 1 aliphatic carbocycles. The van der Waals surface area contributed by atoms with Crippen LogP contribution in [0.25, 0.3) is 0 Å². The second-order valence-electron chi connectivity index (χ2n) is 11.2. The summed E-state index contributed by atoms with van der Waals surface area (Å²) in [7, 11) is -2.03. The first-order valence-electron chi connectivity index (χ1n) is 14.4. The van der Waals surface area contributed by atoms with Crippen LogP contribution in [0, 0.1) is 0 Å². The molecule has 0 spiro atoms. The maximum absolute atomic E-state index is 14.4. The van der Waals surface area contributed by atoms with Gasteiger partial charge in [0.15, 0.2) is 0 Å². The Balaban J connectivity index is 1.59. The van der Waals surface area contributed by atoms with E-state index < -0.39 is 34.1 Å². The molecule has 12 heteroatoms. The van der Waals surface area contributed by atoms with Gasteiger partial charge in [0.05, 0.1) is 18.2 Å². The second-order valence-corrected chi connectivity index (χ2v) is 13.9. The van der Waals surface area contributed by atoms with Crippen LogP contribution in [0.1, 0.15) is 75.0 Å². The molecule has 3 N–H and O–H groups in total. The van der Waals surface area contributed by atoms with Crippen LogP contribution in [-0.2, 0) is 21.4 Å². The molecule has 0 saturated heterocycles. The largest absolute Gasteiger partial charge is 0.355 e. The van der Waals surface area contributed by atoms with E-state index in [0.717, 1.165) is 24.7 Å². The third-order valence-electron chi connectivity index (χ3n) is 8.30. The topological polar surface area (TPSA) is 125 Å². The number of sulfonamides is 1. The highest BCUT2D eigenvalue weighted by Crippen LogP contribution is 2.47. The van der Waals surface area contributed by atoms with Crippen molar-refractivity contribution >= 4 is 50.9 Å². The zero-order valence-corrected chi connectivity index (χ0v) is 26.7. The van der Waals surface area contributed by atoms with Crippen molar-refractivity contribution in [3.8, 4) is 0 Å². The number of nitrogens with zero attached hydrogens (tertiary/aromatic N) is 1. The fraction of sp³-hybridized carbons (Fsp3) is 0.344. The number of hydrogen-bond donors (Lipinski definition) is 3. The normalized spacial score (nSPS) is 21.8. The molecule has 3 aromatic carbocycles. The Morgan fingerprint density at radius 2 is 1.66 bits per heavy atom. The number of fused-ring (bicyclic) bond motifs is 1. The van der Waals surface area contributed by atoms with Crippen molar-refractivity contribution < 1.29 is 22.8 Å². The molecule has 0 aromatic heterocycles. The molecule has 1 aliphatic heterocycles. The maximum Gasteiger partial charge on any atom is 0.255 e. The lowest BCUT2D eigenvalue weighted by atomic mass is 9.76. The average Bonchev–Trinajstić information content (AvgIpc) is 2.99. The van der Waals surface area contributed by atoms with Crippen LogP contribution in [0.3, 0.4) is 0 Å². The fourth-order valence-corrected chi connectivity index (χ4v) is 7.69. The van der Waals surface area contributed by atoms with E-state index in [1.807, 2.05) is 0 Å². The molecular formula is C32H34Cl2N4O5S. The number of carbonyl (C=O) groups excluding carboxylic acids is 3. The molecule has 4 atom stereocenters. The highest BCUT2D eigenvalue weighted by atomic mass is 35.5. The van der Waals surface area contributed by atoms with Gasteiger partial charge in [0, 0.05) is 46.8 Å². The van der Waals surface area contributed by atoms with E-state index >= 15 is 0 Å². The Labute approximate surface area is 267 Å². The van der Waals surface area contributed by atoms with Crippen molar-refractivity contribution in [3.05, 3.63) is 105 Å². The van der Waals surface area contributed by atoms with Gasteiger partial charge >= 0.3 is 0 Å². The van der Waals surface area contributed by atoms with Crippen LogP contribution in [0.15, 0.2) is 66.7 Å². The first-order chi connectivity index (χ1) is 21.0. The molecule has 2 aliphatic rings. The van der Waals surface area contributed by atoms with Crippen LogP contribution >= 0.6 is 23.2 Å². The van der Waals surface area contributed by atoms with Gasteiger partial charge < -0.3 is 15.5 Å². The summed E-state index contributed by atoms with van der Waals surface area (Å²) in [5.74, 6) is -1.70. The van der Waals surface area contributed by atoms with Gasteiger partial charge in [-0.2, -0.15) is 0 Å². The first-order valence-corrected chi connectivity index (χ1v) is 17.1. The molecule has 232 valence electrons. The fourth-order valence-electron chi connectivity index (χ4n) is 6.35. The van der Waals surface area contributed by atoms with E-state index in [-0.39, 0.29) is 24.3 Å². The number of carbonyl (C=O) groups is 3. The van der Waals surface area contributed by atoms with Crippen molar-refractivity contribution in [2.75, 3.05) is 13.3 Å². The highest BCUT2D eigenvalue weighted by molar-refractivity contribution is 7.88. The Morgan fingerprint density at radius 3 is 2.34 bits per heavy atom. The van der Waals surface area contributed by atoms with Gasteiger partial charge in [0.2, 0.25) is 15.9 Å². The molecule has 1 saturated carbocycles. The lowest BCUT2D eigenvalue weighted by Crippen LogP contribution is -2.59. The average molecular weight is 658 g/mol. The SMILES string of the molecule is CNC(=O)c1ccc(CNC(=O)[C@@H]2c3ccccc3C(=O)N(C3CCCC[C@@H]3NS(C)(=O)=O)[C@H]2c2ccc(Cl)cc2Cl)cc1. The van der Waals surface area contributed by atoms with E-state index in [1.54, 1.807) is 78.7 Å². The monoisotopic (exact) mass is 656 g/mol. The van der Waals surface area contributed by atoms with E-state index in [9.17, 15) is 22.8 Å². The van der Waals surface area contributed by atoms with E-state index in [1.165, 1.54) is 0 Å². The Bertz CT molecular complexity index is 1680.